The van der Waals surface area contributed by atoms with Gasteiger partial charge < -0.3 is 25.1 Å². The summed E-state index contributed by atoms with van der Waals surface area (Å²) in [5.74, 6) is 0.555. The molecule has 2 amide bonds. The van der Waals surface area contributed by atoms with E-state index in [1.807, 2.05) is 36.4 Å². The molecule has 3 N–H and O–H groups in total. The lowest BCUT2D eigenvalue weighted by Gasteiger charge is -2.23. The van der Waals surface area contributed by atoms with Gasteiger partial charge in [-0.1, -0.05) is 24.3 Å². The van der Waals surface area contributed by atoms with Gasteiger partial charge in [-0.15, -0.1) is 0 Å². The number of anilines is 1. The molecule has 2 aliphatic heterocycles. The predicted octanol–water partition coefficient (Wildman–Crippen LogP) is 3.74. The summed E-state index contributed by atoms with van der Waals surface area (Å²) in [6.45, 7) is 2.25. The molecule has 2 aliphatic rings. The normalized spacial score (nSPS) is 15.9. The largest absolute Gasteiger partial charge is 0.458 e. The zero-order chi connectivity index (χ0) is 24.6. The van der Waals surface area contributed by atoms with Gasteiger partial charge in [0.05, 0.1) is 17.8 Å². The number of nitrogens with one attached hydrogen (secondary N) is 1. The Kier molecular flexibility index (Phi) is 5.61. The van der Waals surface area contributed by atoms with Gasteiger partial charge in [-0.25, -0.2) is 9.97 Å². The summed E-state index contributed by atoms with van der Waals surface area (Å²) in [5, 5.41) is 4.17. The molecule has 182 valence electrons. The maximum atomic E-state index is 13.3. The number of fused-ring (bicyclic) bond motifs is 2. The Morgan fingerprint density at radius 1 is 1.14 bits per heavy atom. The van der Waals surface area contributed by atoms with E-state index >= 15 is 0 Å². The van der Waals surface area contributed by atoms with Crippen molar-refractivity contribution in [3.8, 4) is 11.3 Å². The number of primary amides is 1. The average Bonchev–Trinajstić information content (AvgIpc) is 3.44. The van der Waals surface area contributed by atoms with E-state index < -0.39 is 5.91 Å². The van der Waals surface area contributed by atoms with Crippen LogP contribution in [0.3, 0.4) is 0 Å². The number of hydrogen-bond acceptors (Lipinski definition) is 7. The summed E-state index contributed by atoms with van der Waals surface area (Å²) in [7, 11) is 0. The van der Waals surface area contributed by atoms with Crippen molar-refractivity contribution in [1.29, 1.82) is 0 Å². The highest BCUT2D eigenvalue weighted by molar-refractivity contribution is 6.04. The van der Waals surface area contributed by atoms with Gasteiger partial charge in [0.1, 0.15) is 11.3 Å². The number of benzene rings is 2. The van der Waals surface area contributed by atoms with Crippen LogP contribution in [0.2, 0.25) is 0 Å². The van der Waals surface area contributed by atoms with E-state index in [0.717, 1.165) is 48.3 Å². The summed E-state index contributed by atoms with van der Waals surface area (Å²) < 4.78 is 11.3. The van der Waals surface area contributed by atoms with E-state index in [9.17, 15) is 9.59 Å². The molecule has 0 bridgehead atoms. The molecule has 1 fully saturated rings. The van der Waals surface area contributed by atoms with Crippen LogP contribution in [0, 0.1) is 0 Å². The molecule has 0 saturated carbocycles. The van der Waals surface area contributed by atoms with Crippen LogP contribution in [0.1, 0.15) is 44.9 Å². The van der Waals surface area contributed by atoms with Crippen LogP contribution < -0.4 is 11.1 Å². The van der Waals surface area contributed by atoms with Gasteiger partial charge in [-0.05, 0) is 42.7 Å². The Balaban J connectivity index is 1.21. The zero-order valence-electron chi connectivity index (χ0n) is 19.6. The Labute approximate surface area is 207 Å². The molecule has 0 aliphatic carbocycles. The van der Waals surface area contributed by atoms with Gasteiger partial charge in [0.2, 0.25) is 5.95 Å². The van der Waals surface area contributed by atoms with Gasteiger partial charge in [0.25, 0.3) is 11.8 Å². The van der Waals surface area contributed by atoms with E-state index in [2.05, 4.69) is 15.3 Å². The van der Waals surface area contributed by atoms with Gasteiger partial charge in [-0.3, -0.25) is 9.59 Å². The number of nitrogens with zero attached hydrogens (tertiary/aromatic N) is 3. The highest BCUT2D eigenvalue weighted by Gasteiger charge is 2.29. The number of hydrogen-bond donors (Lipinski definition) is 2. The maximum Gasteiger partial charge on any atom is 0.254 e. The van der Waals surface area contributed by atoms with E-state index in [1.54, 1.807) is 23.2 Å². The fraction of sp³-hybridized carbons (Fsp3) is 0.259. The number of carbonyl (C=O) groups excluding carboxylic acids is 2. The zero-order valence-corrected chi connectivity index (χ0v) is 19.6. The van der Waals surface area contributed by atoms with Crippen molar-refractivity contribution in [3.05, 3.63) is 77.2 Å². The minimum absolute atomic E-state index is 0.0722. The summed E-state index contributed by atoms with van der Waals surface area (Å²) in [5.41, 5.74) is 9.46. The van der Waals surface area contributed by atoms with Crippen molar-refractivity contribution in [3.63, 3.8) is 0 Å². The van der Waals surface area contributed by atoms with Crippen LogP contribution in [-0.2, 0) is 17.8 Å². The predicted molar refractivity (Wildman–Crippen MR) is 133 cm³/mol. The Morgan fingerprint density at radius 2 is 2.00 bits per heavy atom. The molecule has 36 heavy (non-hydrogen) atoms. The third-order valence-corrected chi connectivity index (χ3v) is 6.70. The number of carbonyl (C=O) groups is 2. The lowest BCUT2D eigenvalue weighted by molar-refractivity contribution is 0.0755. The maximum absolute atomic E-state index is 13.3. The van der Waals surface area contributed by atoms with Gasteiger partial charge in [0.15, 0.2) is 0 Å². The standard InChI is InChI=1S/C27H25N5O4/c28-25(33)21-3-1-2-17-12-20(36-24(17)21)15-32-14-18-5-4-16(13-22(18)26(32)34)23-6-9-29-27(31-23)30-19-7-10-35-11-8-19/h1-6,9,12-13,19H,7-8,10-11,14-15H2,(H2,28,33)(H,29,30,31). The van der Waals surface area contributed by atoms with Crippen LogP contribution in [0.5, 0.6) is 0 Å². The fourth-order valence-electron chi connectivity index (χ4n) is 4.84. The second kappa shape index (κ2) is 9.09. The number of para-hydroxylation sites is 1. The summed E-state index contributed by atoms with van der Waals surface area (Å²) in [6.07, 6.45) is 3.57. The van der Waals surface area contributed by atoms with E-state index in [-0.39, 0.29) is 5.91 Å². The first-order valence-electron chi connectivity index (χ1n) is 12.0. The summed E-state index contributed by atoms with van der Waals surface area (Å²) in [4.78, 5) is 35.8. The highest BCUT2D eigenvalue weighted by Crippen LogP contribution is 2.31. The van der Waals surface area contributed by atoms with Crippen LogP contribution in [0.15, 0.2) is 59.1 Å². The van der Waals surface area contributed by atoms with Crippen molar-refractivity contribution in [2.24, 2.45) is 5.73 Å². The first-order chi connectivity index (χ1) is 17.5. The minimum atomic E-state index is -0.547. The summed E-state index contributed by atoms with van der Waals surface area (Å²) in [6, 6.07) is 15.1. The molecule has 0 radical (unpaired) electrons. The number of ether oxygens (including phenoxy) is 1. The first-order valence-corrected chi connectivity index (χ1v) is 12.0. The Hall–Kier alpha value is -4.24. The minimum Gasteiger partial charge on any atom is -0.458 e. The van der Waals surface area contributed by atoms with E-state index in [4.69, 9.17) is 14.9 Å². The average molecular weight is 484 g/mol. The van der Waals surface area contributed by atoms with Gasteiger partial charge >= 0.3 is 0 Å². The Morgan fingerprint density at radius 3 is 2.83 bits per heavy atom. The molecule has 9 heteroatoms. The molecule has 2 aromatic carbocycles. The lowest BCUT2D eigenvalue weighted by Crippen LogP contribution is -2.28. The van der Waals surface area contributed by atoms with Crippen LogP contribution >= 0.6 is 0 Å². The number of furan rings is 1. The molecule has 1 saturated heterocycles. The van der Waals surface area contributed by atoms with Crippen LogP contribution in [0.4, 0.5) is 5.95 Å². The molecule has 0 unspecified atom stereocenters. The van der Waals surface area contributed by atoms with Crippen molar-refractivity contribution in [2.75, 3.05) is 18.5 Å². The number of amides is 2. The third kappa shape index (κ3) is 4.18. The summed E-state index contributed by atoms with van der Waals surface area (Å²) >= 11 is 0. The van der Waals surface area contributed by atoms with Crippen molar-refractivity contribution in [1.82, 2.24) is 14.9 Å². The SMILES string of the molecule is NC(=O)c1cccc2cc(CN3Cc4ccc(-c5ccnc(NC6CCOCC6)n5)cc4C3=O)oc12. The molecule has 0 spiro atoms. The quantitative estimate of drug-likeness (QED) is 0.428. The second-order valence-electron chi connectivity index (χ2n) is 9.13. The first kappa shape index (κ1) is 22.2. The molecule has 9 nitrogen and oxygen atoms in total. The van der Waals surface area contributed by atoms with E-state index in [1.165, 1.54) is 0 Å². The fourth-order valence-corrected chi connectivity index (χ4v) is 4.84. The smallest absolute Gasteiger partial charge is 0.254 e. The number of aromatic nitrogens is 2. The molecule has 4 aromatic rings. The van der Waals surface area contributed by atoms with Crippen molar-refractivity contribution in [2.45, 2.75) is 32.0 Å². The van der Waals surface area contributed by atoms with Crippen molar-refractivity contribution >= 4 is 28.7 Å². The topological polar surface area (TPSA) is 124 Å². The van der Waals surface area contributed by atoms with Crippen LogP contribution in [-0.4, -0.2) is 45.9 Å². The van der Waals surface area contributed by atoms with E-state index in [0.29, 0.717) is 47.5 Å². The molecular weight excluding hydrogens is 458 g/mol. The number of nitrogens with two attached hydrogens (primary N) is 1. The monoisotopic (exact) mass is 483 g/mol. The number of rotatable bonds is 6. The van der Waals surface area contributed by atoms with Crippen molar-refractivity contribution < 1.29 is 18.7 Å². The molecule has 6 rings (SSSR count). The molecule has 2 aromatic heterocycles. The van der Waals surface area contributed by atoms with Gasteiger partial charge in [0, 0.05) is 48.5 Å². The molecule has 4 heterocycles. The molecule has 0 atom stereocenters. The third-order valence-electron chi connectivity index (χ3n) is 6.70. The second-order valence-corrected chi connectivity index (χ2v) is 9.13. The lowest BCUT2D eigenvalue weighted by atomic mass is 10.0. The Bertz CT molecular complexity index is 1470. The van der Waals surface area contributed by atoms with Crippen LogP contribution in [0.25, 0.3) is 22.2 Å². The van der Waals surface area contributed by atoms with Gasteiger partial charge in [-0.2, -0.15) is 0 Å². The highest BCUT2D eigenvalue weighted by atomic mass is 16.5. The molecular formula is C27H25N5O4.